The first-order valence-corrected chi connectivity index (χ1v) is 11.2. The number of benzene rings is 2. The van der Waals surface area contributed by atoms with E-state index in [1.807, 2.05) is 0 Å². The number of nitrogens with zero attached hydrogens (tertiary/aromatic N) is 3. The number of anilines is 1. The third-order valence-electron chi connectivity index (χ3n) is 6.11. The number of carbonyl (C=O) groups excluding carboxylic acids is 4. The number of ketones is 1. The van der Waals surface area contributed by atoms with E-state index in [2.05, 4.69) is 5.10 Å². The van der Waals surface area contributed by atoms with Gasteiger partial charge in [0, 0.05) is 23.7 Å². The van der Waals surface area contributed by atoms with Crippen molar-refractivity contribution in [3.63, 3.8) is 0 Å². The highest BCUT2D eigenvalue weighted by Gasteiger charge is 2.64. The maximum Gasteiger partial charge on any atom is 0.308 e. The summed E-state index contributed by atoms with van der Waals surface area (Å²) in [5.74, 6) is -3.29. The van der Waals surface area contributed by atoms with Crippen molar-refractivity contribution in [3.05, 3.63) is 70.2 Å². The SMILES string of the molecule is CC(=O)Oc1ccc(C(=O)[C@@H]2[C@@H]3C(=O)N(c4ccc(Cl)cc4Cl)C(=O)[C@H]3[C@H]3C=CC=NN32)cc1. The molecule has 0 aromatic heterocycles. The molecule has 172 valence electrons. The molecule has 34 heavy (non-hydrogen) atoms. The van der Waals surface area contributed by atoms with Gasteiger partial charge >= 0.3 is 5.97 Å². The van der Waals surface area contributed by atoms with Gasteiger partial charge in [0.25, 0.3) is 0 Å². The normalized spacial score (nSPS) is 24.9. The lowest BCUT2D eigenvalue weighted by molar-refractivity contribution is -0.132. The molecule has 0 spiro atoms. The van der Waals surface area contributed by atoms with E-state index >= 15 is 0 Å². The average Bonchev–Trinajstić information content (AvgIpc) is 3.27. The van der Waals surface area contributed by atoms with Crippen molar-refractivity contribution < 1.29 is 23.9 Å². The van der Waals surface area contributed by atoms with Gasteiger partial charge in [0.05, 0.1) is 28.6 Å². The van der Waals surface area contributed by atoms with Gasteiger partial charge in [-0.3, -0.25) is 24.2 Å². The molecule has 0 bridgehead atoms. The third-order valence-corrected chi connectivity index (χ3v) is 6.65. The van der Waals surface area contributed by atoms with Gasteiger partial charge in [0.15, 0.2) is 5.78 Å². The monoisotopic (exact) mass is 497 g/mol. The Morgan fingerprint density at radius 1 is 1.00 bits per heavy atom. The predicted octanol–water partition coefficient (Wildman–Crippen LogP) is 3.52. The van der Waals surface area contributed by atoms with Crippen molar-refractivity contribution in [2.75, 3.05) is 4.90 Å². The summed E-state index contributed by atoms with van der Waals surface area (Å²) in [5.41, 5.74) is 0.524. The van der Waals surface area contributed by atoms with Gasteiger partial charge in [0.1, 0.15) is 11.8 Å². The van der Waals surface area contributed by atoms with Crippen molar-refractivity contribution in [1.29, 1.82) is 0 Å². The van der Waals surface area contributed by atoms with E-state index in [0.29, 0.717) is 16.3 Å². The number of halogens is 2. The highest BCUT2D eigenvalue weighted by atomic mass is 35.5. The van der Waals surface area contributed by atoms with Crippen LogP contribution in [0.1, 0.15) is 17.3 Å². The molecular formula is C24H17Cl2N3O5. The van der Waals surface area contributed by atoms with Gasteiger partial charge in [-0.2, -0.15) is 5.10 Å². The fourth-order valence-electron chi connectivity index (χ4n) is 4.76. The quantitative estimate of drug-likeness (QED) is 0.277. The zero-order valence-electron chi connectivity index (χ0n) is 17.7. The summed E-state index contributed by atoms with van der Waals surface area (Å²) < 4.78 is 5.02. The van der Waals surface area contributed by atoms with E-state index in [4.69, 9.17) is 27.9 Å². The summed E-state index contributed by atoms with van der Waals surface area (Å²) >= 11 is 12.3. The lowest BCUT2D eigenvalue weighted by Crippen LogP contribution is -2.46. The fourth-order valence-corrected chi connectivity index (χ4v) is 5.25. The summed E-state index contributed by atoms with van der Waals surface area (Å²) in [4.78, 5) is 52.9. The molecule has 0 radical (unpaired) electrons. The highest BCUT2D eigenvalue weighted by Crippen LogP contribution is 2.47. The second-order valence-corrected chi connectivity index (χ2v) is 8.95. The van der Waals surface area contributed by atoms with Crippen LogP contribution >= 0.6 is 23.2 Å². The molecule has 0 N–H and O–H groups in total. The smallest absolute Gasteiger partial charge is 0.308 e. The Kier molecular flexibility index (Phi) is 5.50. The standard InChI is InChI=1S/C24H17Cl2N3O5/c1-12(30)34-15-7-4-13(5-8-15)22(31)21-20-19(18-3-2-10-27-29(18)21)23(32)28(24(20)33)17-9-6-14(25)11-16(17)26/h2-11,18-21H,1H3/t18-,19+,20-,21+/m1/s1. The number of allylic oxidation sites excluding steroid dienone is 1. The molecule has 2 aromatic rings. The number of rotatable bonds is 4. The first kappa shape index (κ1) is 22.3. The molecule has 2 amide bonds. The van der Waals surface area contributed by atoms with E-state index < -0.39 is 41.7 Å². The van der Waals surface area contributed by atoms with Crippen molar-refractivity contribution in [1.82, 2.24) is 5.01 Å². The number of hydrogen-bond donors (Lipinski definition) is 0. The van der Waals surface area contributed by atoms with Crippen LogP contribution in [0.3, 0.4) is 0 Å². The summed E-state index contributed by atoms with van der Waals surface area (Å²) in [6.07, 6.45) is 4.97. The Balaban J connectivity index is 1.53. The summed E-state index contributed by atoms with van der Waals surface area (Å²) in [6, 6.07) is 8.99. The Morgan fingerprint density at radius 2 is 1.71 bits per heavy atom. The third kappa shape index (κ3) is 3.50. The van der Waals surface area contributed by atoms with Crippen LogP contribution in [0.4, 0.5) is 5.69 Å². The zero-order valence-corrected chi connectivity index (χ0v) is 19.2. The van der Waals surface area contributed by atoms with Crippen LogP contribution in [0.15, 0.2) is 59.7 Å². The van der Waals surface area contributed by atoms with Gasteiger partial charge in [-0.15, -0.1) is 0 Å². The number of fused-ring (bicyclic) bond motifs is 3. The molecule has 3 aliphatic rings. The topological polar surface area (TPSA) is 96.3 Å². The number of hydrogen-bond acceptors (Lipinski definition) is 7. The minimum Gasteiger partial charge on any atom is -0.427 e. The number of esters is 1. The molecule has 2 fully saturated rings. The predicted molar refractivity (Wildman–Crippen MR) is 125 cm³/mol. The lowest BCUT2D eigenvalue weighted by Gasteiger charge is -2.30. The molecule has 3 heterocycles. The molecule has 4 atom stereocenters. The number of Topliss-reactive ketones (excluding diaryl/α,β-unsaturated/α-hetero) is 1. The molecule has 2 saturated heterocycles. The molecule has 2 aromatic carbocycles. The van der Waals surface area contributed by atoms with Crippen LogP contribution in [-0.2, 0) is 14.4 Å². The molecule has 5 rings (SSSR count). The minimum atomic E-state index is -0.997. The molecule has 0 aliphatic carbocycles. The molecule has 0 unspecified atom stereocenters. The van der Waals surface area contributed by atoms with Crippen molar-refractivity contribution >= 4 is 58.7 Å². The first-order chi connectivity index (χ1) is 16.3. The summed E-state index contributed by atoms with van der Waals surface area (Å²) in [7, 11) is 0. The number of ether oxygens (including phenoxy) is 1. The van der Waals surface area contributed by atoms with Gasteiger partial charge in [0.2, 0.25) is 11.8 Å². The summed E-state index contributed by atoms with van der Waals surface area (Å²) in [6.45, 7) is 1.28. The second kappa shape index (κ2) is 8.38. The second-order valence-electron chi connectivity index (χ2n) is 8.11. The van der Waals surface area contributed by atoms with Crippen LogP contribution in [0.2, 0.25) is 10.0 Å². The number of amides is 2. The van der Waals surface area contributed by atoms with Gasteiger partial charge < -0.3 is 4.74 Å². The van der Waals surface area contributed by atoms with Gasteiger partial charge in [-0.25, -0.2) is 4.90 Å². The maximum absolute atomic E-state index is 13.6. The maximum atomic E-state index is 13.6. The Hall–Kier alpha value is -3.49. The molecule has 10 heteroatoms. The number of imide groups is 1. The van der Waals surface area contributed by atoms with Gasteiger partial charge in [-0.05, 0) is 48.5 Å². The first-order valence-electron chi connectivity index (χ1n) is 10.4. The Bertz CT molecular complexity index is 1290. The minimum absolute atomic E-state index is 0.159. The average molecular weight is 498 g/mol. The van der Waals surface area contributed by atoms with Crippen LogP contribution in [-0.4, -0.2) is 46.9 Å². The van der Waals surface area contributed by atoms with E-state index in [1.54, 1.807) is 18.2 Å². The van der Waals surface area contributed by atoms with E-state index in [-0.39, 0.29) is 16.5 Å². The summed E-state index contributed by atoms with van der Waals surface area (Å²) in [5, 5.41) is 6.37. The van der Waals surface area contributed by atoms with Gasteiger partial charge in [-0.1, -0.05) is 29.3 Å². The lowest BCUT2D eigenvalue weighted by atomic mass is 9.86. The number of carbonyl (C=O) groups is 4. The Morgan fingerprint density at radius 3 is 2.38 bits per heavy atom. The van der Waals surface area contributed by atoms with Crippen molar-refractivity contribution in [3.8, 4) is 5.75 Å². The van der Waals surface area contributed by atoms with Crippen LogP contribution in [0, 0.1) is 11.8 Å². The van der Waals surface area contributed by atoms with E-state index in [0.717, 1.165) is 4.90 Å². The Labute approximate surface area is 204 Å². The highest BCUT2D eigenvalue weighted by molar-refractivity contribution is 6.38. The van der Waals surface area contributed by atoms with Crippen LogP contribution in [0.25, 0.3) is 0 Å². The molecule has 3 aliphatic heterocycles. The zero-order chi connectivity index (χ0) is 24.1. The van der Waals surface area contributed by atoms with Crippen molar-refractivity contribution in [2.45, 2.75) is 19.0 Å². The van der Waals surface area contributed by atoms with E-state index in [9.17, 15) is 19.2 Å². The van der Waals surface area contributed by atoms with Crippen LogP contribution < -0.4 is 9.64 Å². The fraction of sp³-hybridized carbons (Fsp3) is 0.208. The largest absolute Gasteiger partial charge is 0.427 e. The van der Waals surface area contributed by atoms with Crippen molar-refractivity contribution in [2.24, 2.45) is 16.9 Å². The molecule has 8 nitrogen and oxygen atoms in total. The molecule has 0 saturated carbocycles. The number of hydrazone groups is 1. The molecular weight excluding hydrogens is 481 g/mol. The van der Waals surface area contributed by atoms with E-state index in [1.165, 1.54) is 54.5 Å². The van der Waals surface area contributed by atoms with Crippen LogP contribution in [0.5, 0.6) is 5.75 Å².